The molecular weight excluding hydrogens is 298 g/mol. The van der Waals surface area contributed by atoms with Gasteiger partial charge in [0.05, 0.1) is 17.2 Å². The summed E-state index contributed by atoms with van der Waals surface area (Å²) in [4.78, 5) is 19.8. The fourth-order valence-electron chi connectivity index (χ4n) is 3.35. The second kappa shape index (κ2) is 7.42. The Kier molecular flexibility index (Phi) is 5.81. The van der Waals surface area contributed by atoms with E-state index < -0.39 is 0 Å². The Bertz CT molecular complexity index is 503. The number of hydrogen-bond donors (Lipinski definition) is 2. The molecule has 2 heterocycles. The first-order valence-electron chi connectivity index (χ1n) is 8.04. The van der Waals surface area contributed by atoms with Gasteiger partial charge in [0.15, 0.2) is 0 Å². The predicted octanol–water partition coefficient (Wildman–Crippen LogP) is 2.58. The summed E-state index contributed by atoms with van der Waals surface area (Å²) in [6.07, 6.45) is 5.33. The molecule has 6 heteroatoms. The van der Waals surface area contributed by atoms with E-state index in [-0.39, 0.29) is 18.2 Å². The van der Waals surface area contributed by atoms with Gasteiger partial charge in [-0.05, 0) is 32.1 Å². The van der Waals surface area contributed by atoms with Crippen molar-refractivity contribution >= 4 is 17.4 Å². The molecule has 0 aliphatic carbocycles. The fourth-order valence-corrected chi connectivity index (χ4v) is 4.13. The van der Waals surface area contributed by atoms with Crippen LogP contribution in [-0.2, 0) is 6.42 Å². The number of carbonyl (C=O) groups is 1. The minimum Gasteiger partial charge on any atom is -0.394 e. The number of urea groups is 1. The highest BCUT2D eigenvalue weighted by atomic mass is 32.1. The van der Waals surface area contributed by atoms with Crippen molar-refractivity contribution < 1.29 is 9.90 Å². The van der Waals surface area contributed by atoms with Gasteiger partial charge in [0.1, 0.15) is 0 Å². The molecule has 1 atom stereocenters. The number of aryl methyl sites for hydroxylation is 1. The number of amides is 2. The lowest BCUT2D eigenvalue weighted by Crippen LogP contribution is -2.54. The summed E-state index contributed by atoms with van der Waals surface area (Å²) < 4.78 is 0. The van der Waals surface area contributed by atoms with Gasteiger partial charge in [-0.15, -0.1) is 11.3 Å². The summed E-state index contributed by atoms with van der Waals surface area (Å²) in [5, 5.41) is 13.9. The molecule has 1 unspecified atom stereocenters. The van der Waals surface area contributed by atoms with Gasteiger partial charge in [-0.2, -0.15) is 0 Å². The van der Waals surface area contributed by atoms with Crippen LogP contribution in [0.3, 0.4) is 0 Å². The van der Waals surface area contributed by atoms with Crippen LogP contribution in [0.25, 0.3) is 0 Å². The molecule has 2 rings (SSSR count). The number of carbonyl (C=O) groups excluding carboxylic acids is 1. The van der Waals surface area contributed by atoms with E-state index in [0.29, 0.717) is 12.5 Å². The van der Waals surface area contributed by atoms with E-state index in [0.717, 1.165) is 37.2 Å². The maximum Gasteiger partial charge on any atom is 0.317 e. The van der Waals surface area contributed by atoms with Gasteiger partial charge < -0.3 is 15.3 Å². The van der Waals surface area contributed by atoms with Crippen molar-refractivity contribution in [3.8, 4) is 0 Å². The molecule has 2 amide bonds. The van der Waals surface area contributed by atoms with E-state index in [4.69, 9.17) is 0 Å². The van der Waals surface area contributed by atoms with Crippen LogP contribution in [0.1, 0.15) is 43.0 Å². The molecule has 0 saturated carbocycles. The van der Waals surface area contributed by atoms with Gasteiger partial charge in [-0.25, -0.2) is 9.78 Å². The van der Waals surface area contributed by atoms with Crippen LogP contribution in [0.15, 0.2) is 6.20 Å². The average Bonchev–Trinajstić information content (AvgIpc) is 3.05. The van der Waals surface area contributed by atoms with Crippen molar-refractivity contribution in [2.24, 2.45) is 5.92 Å². The molecule has 22 heavy (non-hydrogen) atoms. The number of likely N-dealkylation sites (tertiary alicyclic amines) is 1. The van der Waals surface area contributed by atoms with E-state index in [1.165, 1.54) is 4.88 Å². The Morgan fingerprint density at radius 3 is 2.95 bits per heavy atom. The van der Waals surface area contributed by atoms with Gasteiger partial charge in [0, 0.05) is 30.6 Å². The molecule has 124 valence electrons. The van der Waals surface area contributed by atoms with Gasteiger partial charge in [-0.3, -0.25) is 0 Å². The zero-order valence-corrected chi connectivity index (χ0v) is 14.6. The lowest BCUT2D eigenvalue weighted by molar-refractivity contribution is 0.0678. The zero-order chi connectivity index (χ0) is 16.2. The predicted molar refractivity (Wildman–Crippen MR) is 89.2 cm³/mol. The molecule has 1 aliphatic rings. The van der Waals surface area contributed by atoms with Gasteiger partial charge in [0.2, 0.25) is 0 Å². The lowest BCUT2D eigenvalue weighted by atomic mass is 9.87. The molecule has 1 aliphatic heterocycles. The molecule has 5 nitrogen and oxygen atoms in total. The Morgan fingerprint density at radius 1 is 1.59 bits per heavy atom. The SMILES string of the molecule is Cc1cnc(CCNC(=O)N2CCCC2(CO)CC(C)C)s1. The monoisotopic (exact) mass is 325 g/mol. The third-order valence-corrected chi connectivity index (χ3v) is 5.18. The molecule has 0 aromatic carbocycles. The molecule has 2 N–H and O–H groups in total. The van der Waals surface area contributed by atoms with E-state index in [1.807, 2.05) is 18.0 Å². The molecule has 0 spiro atoms. The molecule has 1 aromatic heterocycles. The van der Waals surface area contributed by atoms with Gasteiger partial charge in [0.25, 0.3) is 0 Å². The van der Waals surface area contributed by atoms with Crippen LogP contribution in [-0.4, -0.2) is 46.3 Å². The minimum atomic E-state index is -0.379. The van der Waals surface area contributed by atoms with Crippen molar-refractivity contribution in [1.82, 2.24) is 15.2 Å². The Morgan fingerprint density at radius 2 is 2.36 bits per heavy atom. The van der Waals surface area contributed by atoms with Crippen molar-refractivity contribution in [1.29, 1.82) is 0 Å². The molecule has 1 aromatic rings. The first-order chi connectivity index (χ1) is 10.5. The molecule has 1 fully saturated rings. The smallest absolute Gasteiger partial charge is 0.317 e. The topological polar surface area (TPSA) is 65.5 Å². The van der Waals surface area contributed by atoms with Crippen LogP contribution < -0.4 is 5.32 Å². The highest BCUT2D eigenvalue weighted by Crippen LogP contribution is 2.34. The third-order valence-electron chi connectivity index (χ3n) is 4.21. The molecule has 0 radical (unpaired) electrons. The zero-order valence-electron chi connectivity index (χ0n) is 13.8. The Hall–Kier alpha value is -1.14. The fraction of sp³-hybridized carbons (Fsp3) is 0.750. The first-order valence-corrected chi connectivity index (χ1v) is 8.86. The van der Waals surface area contributed by atoms with Crippen molar-refractivity contribution in [3.63, 3.8) is 0 Å². The van der Waals surface area contributed by atoms with Crippen LogP contribution in [0.2, 0.25) is 0 Å². The second-order valence-electron chi connectivity index (χ2n) is 6.58. The number of rotatable bonds is 6. The third kappa shape index (κ3) is 3.98. The Labute approximate surface area is 136 Å². The van der Waals surface area contributed by atoms with Crippen LogP contribution in [0.4, 0.5) is 4.79 Å². The first kappa shape index (κ1) is 17.2. The van der Waals surface area contributed by atoms with E-state index in [2.05, 4.69) is 24.1 Å². The number of hydrogen-bond acceptors (Lipinski definition) is 4. The van der Waals surface area contributed by atoms with Gasteiger partial charge >= 0.3 is 6.03 Å². The summed E-state index contributed by atoms with van der Waals surface area (Å²) in [6, 6.07) is -0.0551. The van der Waals surface area contributed by atoms with Crippen LogP contribution in [0.5, 0.6) is 0 Å². The van der Waals surface area contributed by atoms with Gasteiger partial charge in [-0.1, -0.05) is 13.8 Å². The van der Waals surface area contributed by atoms with Crippen LogP contribution in [0, 0.1) is 12.8 Å². The van der Waals surface area contributed by atoms with Crippen LogP contribution >= 0.6 is 11.3 Å². The number of aliphatic hydroxyl groups excluding tert-OH is 1. The lowest BCUT2D eigenvalue weighted by Gasteiger charge is -2.38. The number of aromatic nitrogens is 1. The van der Waals surface area contributed by atoms with E-state index in [1.54, 1.807) is 11.3 Å². The highest BCUT2D eigenvalue weighted by molar-refractivity contribution is 7.11. The number of thiazole rings is 1. The van der Waals surface area contributed by atoms with Crippen molar-refractivity contribution in [2.45, 2.75) is 52.0 Å². The standard InChI is InChI=1S/C16H27N3O2S/c1-12(2)9-16(11-20)6-4-8-19(16)15(21)17-7-5-14-18-10-13(3)22-14/h10,12,20H,4-9,11H2,1-3H3,(H,17,21). The largest absolute Gasteiger partial charge is 0.394 e. The number of nitrogens with one attached hydrogen (secondary N) is 1. The quantitative estimate of drug-likeness (QED) is 0.845. The molecular formula is C16H27N3O2S. The average molecular weight is 325 g/mol. The van der Waals surface area contributed by atoms with E-state index >= 15 is 0 Å². The number of nitrogens with zero attached hydrogens (tertiary/aromatic N) is 2. The molecule has 0 bridgehead atoms. The highest BCUT2D eigenvalue weighted by Gasteiger charge is 2.43. The summed E-state index contributed by atoms with van der Waals surface area (Å²) >= 11 is 1.67. The number of aliphatic hydroxyl groups is 1. The normalized spacial score (nSPS) is 21.6. The second-order valence-corrected chi connectivity index (χ2v) is 7.90. The summed E-state index contributed by atoms with van der Waals surface area (Å²) in [5.41, 5.74) is -0.379. The van der Waals surface area contributed by atoms with Crippen molar-refractivity contribution in [3.05, 3.63) is 16.1 Å². The van der Waals surface area contributed by atoms with Crippen molar-refractivity contribution in [2.75, 3.05) is 19.7 Å². The summed E-state index contributed by atoms with van der Waals surface area (Å²) in [5.74, 6) is 0.457. The molecule has 1 saturated heterocycles. The Balaban J connectivity index is 1.90. The minimum absolute atomic E-state index is 0.0459. The summed E-state index contributed by atoms with van der Waals surface area (Å²) in [6.45, 7) is 7.67. The maximum absolute atomic E-state index is 12.5. The maximum atomic E-state index is 12.5. The summed E-state index contributed by atoms with van der Waals surface area (Å²) in [7, 11) is 0. The van der Waals surface area contributed by atoms with E-state index in [9.17, 15) is 9.90 Å².